The molecule has 1 amide bonds. The molecule has 8 heteroatoms. The van der Waals surface area contributed by atoms with Gasteiger partial charge in [0, 0.05) is 15.6 Å². The number of hydrogen-bond acceptors (Lipinski definition) is 6. The van der Waals surface area contributed by atoms with Crippen molar-refractivity contribution in [2.45, 2.75) is 13.3 Å². The Hall–Kier alpha value is -3.65. The van der Waals surface area contributed by atoms with Gasteiger partial charge in [-0.05, 0) is 73.2 Å². The van der Waals surface area contributed by atoms with Crippen LogP contribution < -0.4 is 19.6 Å². The van der Waals surface area contributed by atoms with E-state index >= 15 is 0 Å². The van der Waals surface area contributed by atoms with Gasteiger partial charge in [-0.15, -0.1) is 0 Å². The molecule has 3 aromatic rings. The molecular formula is C25H23BrN2O5. The monoisotopic (exact) mass is 510 g/mol. The summed E-state index contributed by atoms with van der Waals surface area (Å²) in [4.78, 5) is 24.9. The van der Waals surface area contributed by atoms with Gasteiger partial charge in [0.25, 0.3) is 5.91 Å². The number of ether oxygens (including phenoxy) is 3. The molecule has 33 heavy (non-hydrogen) atoms. The second kappa shape index (κ2) is 11.8. The second-order valence-corrected chi connectivity index (χ2v) is 7.79. The van der Waals surface area contributed by atoms with Gasteiger partial charge in [0.05, 0.1) is 25.5 Å². The zero-order chi connectivity index (χ0) is 23.6. The maximum Gasteiger partial charge on any atom is 0.343 e. The standard InChI is InChI=1S/C25H23BrN2O5/c1-3-14-32-22-11-6-18(7-12-22)25(30)33-23-13-8-20(26)15-19(23)16-27-28-24(29)17-4-9-21(31-2)10-5-17/h4-13,15-16H,3,14H2,1-2H3,(H,28,29)/b27-16+. The molecule has 3 aromatic carbocycles. The zero-order valence-corrected chi connectivity index (χ0v) is 19.8. The van der Waals surface area contributed by atoms with Crippen LogP contribution >= 0.6 is 15.9 Å². The number of nitrogens with zero attached hydrogens (tertiary/aromatic N) is 1. The molecule has 3 rings (SSSR count). The first-order valence-electron chi connectivity index (χ1n) is 10.2. The van der Waals surface area contributed by atoms with E-state index in [1.165, 1.54) is 6.21 Å². The van der Waals surface area contributed by atoms with Gasteiger partial charge in [-0.2, -0.15) is 5.10 Å². The molecule has 0 aromatic heterocycles. The number of nitrogens with one attached hydrogen (secondary N) is 1. The molecule has 170 valence electrons. The van der Waals surface area contributed by atoms with Crippen molar-refractivity contribution in [2.24, 2.45) is 5.10 Å². The third-order valence-electron chi connectivity index (χ3n) is 4.46. The Morgan fingerprint density at radius 2 is 1.64 bits per heavy atom. The highest BCUT2D eigenvalue weighted by Gasteiger charge is 2.12. The summed E-state index contributed by atoms with van der Waals surface area (Å²) in [5, 5.41) is 4.00. The average Bonchev–Trinajstić information content (AvgIpc) is 2.84. The van der Waals surface area contributed by atoms with Gasteiger partial charge in [-0.3, -0.25) is 4.79 Å². The molecule has 0 unspecified atom stereocenters. The minimum absolute atomic E-state index is 0.303. The summed E-state index contributed by atoms with van der Waals surface area (Å²) in [6.07, 6.45) is 2.31. The third-order valence-corrected chi connectivity index (χ3v) is 4.95. The molecule has 0 radical (unpaired) electrons. The van der Waals surface area contributed by atoms with Crippen molar-refractivity contribution >= 4 is 34.0 Å². The number of carbonyl (C=O) groups excluding carboxylic acids is 2. The zero-order valence-electron chi connectivity index (χ0n) is 18.2. The van der Waals surface area contributed by atoms with Crippen molar-refractivity contribution in [3.05, 3.63) is 87.9 Å². The molecule has 0 heterocycles. The number of rotatable bonds is 9. The molecule has 0 aliphatic rings. The molecule has 0 saturated carbocycles. The number of benzene rings is 3. The summed E-state index contributed by atoms with van der Waals surface area (Å²) in [7, 11) is 1.55. The van der Waals surface area contributed by atoms with E-state index in [0.29, 0.717) is 40.5 Å². The van der Waals surface area contributed by atoms with Gasteiger partial charge < -0.3 is 14.2 Å². The Morgan fingerprint density at radius 1 is 0.970 bits per heavy atom. The van der Waals surface area contributed by atoms with Crippen LogP contribution in [0, 0.1) is 0 Å². The predicted molar refractivity (Wildman–Crippen MR) is 129 cm³/mol. The van der Waals surface area contributed by atoms with Crippen LogP contribution in [0.15, 0.2) is 76.3 Å². The Labute approximate surface area is 200 Å². The van der Waals surface area contributed by atoms with Crippen LogP contribution in [0.5, 0.6) is 17.2 Å². The van der Waals surface area contributed by atoms with Crippen molar-refractivity contribution < 1.29 is 23.8 Å². The number of esters is 1. The van der Waals surface area contributed by atoms with E-state index in [4.69, 9.17) is 14.2 Å². The molecule has 0 aliphatic heterocycles. The highest BCUT2D eigenvalue weighted by Crippen LogP contribution is 2.23. The molecule has 7 nitrogen and oxygen atoms in total. The van der Waals surface area contributed by atoms with E-state index < -0.39 is 5.97 Å². The highest BCUT2D eigenvalue weighted by atomic mass is 79.9. The third kappa shape index (κ3) is 6.92. The van der Waals surface area contributed by atoms with Crippen LogP contribution in [0.4, 0.5) is 0 Å². The minimum atomic E-state index is -0.517. The van der Waals surface area contributed by atoms with Gasteiger partial charge in [0.1, 0.15) is 17.2 Å². The SMILES string of the molecule is CCCOc1ccc(C(=O)Oc2ccc(Br)cc2/C=N/NC(=O)c2ccc(OC)cc2)cc1. The lowest BCUT2D eigenvalue weighted by Crippen LogP contribution is -2.17. The van der Waals surface area contributed by atoms with Gasteiger partial charge in [-0.25, -0.2) is 10.2 Å². The van der Waals surface area contributed by atoms with Crippen LogP contribution in [0.25, 0.3) is 0 Å². The van der Waals surface area contributed by atoms with Crippen LogP contribution in [-0.4, -0.2) is 31.8 Å². The molecule has 0 saturated heterocycles. The van der Waals surface area contributed by atoms with Gasteiger partial charge in [0.15, 0.2) is 0 Å². The van der Waals surface area contributed by atoms with Crippen molar-refractivity contribution in [1.29, 1.82) is 0 Å². The smallest absolute Gasteiger partial charge is 0.343 e. The summed E-state index contributed by atoms with van der Waals surface area (Å²) < 4.78 is 16.9. The summed E-state index contributed by atoms with van der Waals surface area (Å²) >= 11 is 3.39. The number of carbonyl (C=O) groups is 2. The Kier molecular flexibility index (Phi) is 8.60. The highest BCUT2D eigenvalue weighted by molar-refractivity contribution is 9.10. The summed E-state index contributed by atoms with van der Waals surface area (Å²) in [5.41, 5.74) is 3.79. The maximum absolute atomic E-state index is 12.6. The Balaban J connectivity index is 1.68. The maximum atomic E-state index is 12.6. The average molecular weight is 511 g/mol. The fourth-order valence-corrected chi connectivity index (χ4v) is 3.13. The van der Waals surface area contributed by atoms with Gasteiger partial charge in [0.2, 0.25) is 0 Å². The molecule has 1 N–H and O–H groups in total. The number of hydrogen-bond donors (Lipinski definition) is 1. The van der Waals surface area contributed by atoms with E-state index in [9.17, 15) is 9.59 Å². The Bertz CT molecular complexity index is 1130. The quantitative estimate of drug-likeness (QED) is 0.184. The molecule has 0 fully saturated rings. The summed E-state index contributed by atoms with van der Waals surface area (Å²) in [6, 6.07) is 18.5. The fraction of sp³-hybridized carbons (Fsp3) is 0.160. The number of methoxy groups -OCH3 is 1. The fourth-order valence-electron chi connectivity index (χ4n) is 2.75. The molecular weight excluding hydrogens is 488 g/mol. The first-order valence-corrected chi connectivity index (χ1v) is 11.0. The number of hydrazone groups is 1. The van der Waals surface area contributed by atoms with Crippen LogP contribution in [0.1, 0.15) is 39.6 Å². The topological polar surface area (TPSA) is 86.2 Å². The molecule has 0 atom stereocenters. The van der Waals surface area contributed by atoms with Crippen LogP contribution in [0.2, 0.25) is 0 Å². The number of halogens is 1. The Morgan fingerprint density at radius 3 is 2.30 bits per heavy atom. The van der Waals surface area contributed by atoms with E-state index in [0.717, 1.165) is 10.9 Å². The molecule has 0 aliphatic carbocycles. The first-order chi connectivity index (χ1) is 16.0. The largest absolute Gasteiger partial charge is 0.497 e. The lowest BCUT2D eigenvalue weighted by molar-refractivity contribution is 0.0734. The summed E-state index contributed by atoms with van der Waals surface area (Å²) in [5.74, 6) is 0.748. The molecule has 0 bridgehead atoms. The lowest BCUT2D eigenvalue weighted by atomic mass is 10.2. The van der Waals surface area contributed by atoms with E-state index in [1.54, 1.807) is 73.8 Å². The number of amides is 1. The predicted octanol–water partition coefficient (Wildman–Crippen LogP) is 5.23. The van der Waals surface area contributed by atoms with E-state index in [2.05, 4.69) is 26.5 Å². The first kappa shape index (κ1) is 24.0. The summed E-state index contributed by atoms with van der Waals surface area (Å²) in [6.45, 7) is 2.63. The van der Waals surface area contributed by atoms with E-state index in [1.807, 2.05) is 6.92 Å². The van der Waals surface area contributed by atoms with Gasteiger partial charge in [-0.1, -0.05) is 22.9 Å². The second-order valence-electron chi connectivity index (χ2n) is 6.87. The molecule has 0 spiro atoms. The minimum Gasteiger partial charge on any atom is -0.497 e. The van der Waals surface area contributed by atoms with Crippen molar-refractivity contribution in [2.75, 3.05) is 13.7 Å². The van der Waals surface area contributed by atoms with Crippen molar-refractivity contribution in [1.82, 2.24) is 5.43 Å². The van der Waals surface area contributed by atoms with E-state index in [-0.39, 0.29) is 5.91 Å². The lowest BCUT2D eigenvalue weighted by Gasteiger charge is -2.09. The normalized spacial score (nSPS) is 10.6. The van der Waals surface area contributed by atoms with Crippen LogP contribution in [0.3, 0.4) is 0 Å². The van der Waals surface area contributed by atoms with Gasteiger partial charge >= 0.3 is 5.97 Å². The van der Waals surface area contributed by atoms with Crippen molar-refractivity contribution in [3.8, 4) is 17.2 Å². The van der Waals surface area contributed by atoms with Crippen LogP contribution in [-0.2, 0) is 0 Å². The van der Waals surface area contributed by atoms with Crippen molar-refractivity contribution in [3.63, 3.8) is 0 Å².